The van der Waals surface area contributed by atoms with Crippen molar-refractivity contribution in [3.63, 3.8) is 0 Å². The largest absolute Gasteiger partial charge is 0.494 e. The Bertz CT molecular complexity index is 610. The third kappa shape index (κ3) is 3.75. The second-order valence-corrected chi connectivity index (χ2v) is 5.13. The van der Waals surface area contributed by atoms with Gasteiger partial charge in [0.15, 0.2) is 11.0 Å². The molecule has 0 aliphatic heterocycles. The first kappa shape index (κ1) is 15.4. The first-order valence-corrected chi connectivity index (χ1v) is 7.46. The van der Waals surface area contributed by atoms with Crippen molar-refractivity contribution >= 4 is 17.7 Å². The molecule has 0 radical (unpaired) electrons. The van der Waals surface area contributed by atoms with Crippen molar-refractivity contribution in [2.75, 3.05) is 19.5 Å². The van der Waals surface area contributed by atoms with Gasteiger partial charge in [0, 0.05) is 12.6 Å². The van der Waals surface area contributed by atoms with Crippen molar-refractivity contribution in [2.24, 2.45) is 7.05 Å². The molecule has 21 heavy (non-hydrogen) atoms. The molecule has 0 saturated carbocycles. The summed E-state index contributed by atoms with van der Waals surface area (Å²) in [6, 6.07) is 7.66. The van der Waals surface area contributed by atoms with Crippen LogP contribution in [-0.2, 0) is 16.6 Å². The lowest BCUT2D eigenvalue weighted by Gasteiger charge is -2.05. The molecule has 0 saturated heterocycles. The quantitative estimate of drug-likeness (QED) is 0.602. The topological polar surface area (TPSA) is 66.2 Å². The number of benzene rings is 1. The first-order chi connectivity index (χ1) is 10.2. The molecule has 2 rings (SSSR count). The van der Waals surface area contributed by atoms with Gasteiger partial charge in [0.2, 0.25) is 0 Å². The lowest BCUT2D eigenvalue weighted by Crippen LogP contribution is -2.04. The highest BCUT2D eigenvalue weighted by molar-refractivity contribution is 7.99. The highest BCUT2D eigenvalue weighted by Crippen LogP contribution is 2.24. The molecular formula is C14H17N3O3S. The van der Waals surface area contributed by atoms with Gasteiger partial charge in [-0.2, -0.15) is 0 Å². The van der Waals surface area contributed by atoms with Crippen LogP contribution in [0.1, 0.15) is 6.92 Å². The molecule has 0 atom stereocenters. The van der Waals surface area contributed by atoms with Gasteiger partial charge in [-0.3, -0.25) is 4.79 Å². The maximum absolute atomic E-state index is 11.2. The second kappa shape index (κ2) is 7.12. The number of esters is 1. The van der Waals surface area contributed by atoms with Crippen LogP contribution in [0.5, 0.6) is 5.75 Å². The van der Waals surface area contributed by atoms with Crippen molar-refractivity contribution in [2.45, 2.75) is 12.1 Å². The van der Waals surface area contributed by atoms with E-state index in [0.717, 1.165) is 17.1 Å². The lowest BCUT2D eigenvalue weighted by molar-refractivity contribution is -0.137. The van der Waals surface area contributed by atoms with Crippen molar-refractivity contribution < 1.29 is 14.3 Å². The SMILES string of the molecule is CCOc1ccc(-c2nnc(SCC(=O)OC)n2C)cc1. The van der Waals surface area contributed by atoms with E-state index in [1.807, 2.05) is 42.8 Å². The summed E-state index contributed by atoms with van der Waals surface area (Å²) < 4.78 is 11.9. The third-order valence-electron chi connectivity index (χ3n) is 2.81. The van der Waals surface area contributed by atoms with Crippen LogP contribution in [0.2, 0.25) is 0 Å². The molecule has 0 aliphatic rings. The van der Waals surface area contributed by atoms with Gasteiger partial charge >= 0.3 is 5.97 Å². The summed E-state index contributed by atoms with van der Waals surface area (Å²) in [5, 5.41) is 8.93. The van der Waals surface area contributed by atoms with E-state index in [-0.39, 0.29) is 11.7 Å². The van der Waals surface area contributed by atoms with Crippen LogP contribution < -0.4 is 4.74 Å². The maximum Gasteiger partial charge on any atom is 0.316 e. The van der Waals surface area contributed by atoms with E-state index in [1.54, 1.807) is 0 Å². The van der Waals surface area contributed by atoms with Gasteiger partial charge in [0.1, 0.15) is 5.75 Å². The van der Waals surface area contributed by atoms with Crippen molar-refractivity contribution in [1.82, 2.24) is 14.8 Å². The molecule has 0 spiro atoms. The predicted octanol–water partition coefficient (Wildman–Crippen LogP) is 2.15. The molecule has 0 unspecified atom stereocenters. The average Bonchev–Trinajstić information content (AvgIpc) is 2.87. The summed E-state index contributed by atoms with van der Waals surface area (Å²) in [7, 11) is 3.23. The number of hydrogen-bond donors (Lipinski definition) is 0. The molecule has 0 amide bonds. The van der Waals surface area contributed by atoms with Gasteiger partial charge in [-0.05, 0) is 31.2 Å². The Morgan fingerprint density at radius 1 is 1.29 bits per heavy atom. The van der Waals surface area contributed by atoms with Crippen LogP contribution in [0, 0.1) is 0 Å². The third-order valence-corrected chi connectivity index (χ3v) is 3.80. The van der Waals surface area contributed by atoms with Crippen LogP contribution in [0.4, 0.5) is 0 Å². The molecule has 0 aliphatic carbocycles. The van der Waals surface area contributed by atoms with E-state index in [4.69, 9.17) is 4.74 Å². The van der Waals surface area contributed by atoms with E-state index in [0.29, 0.717) is 11.8 Å². The Balaban J connectivity index is 2.13. The minimum atomic E-state index is -0.286. The van der Waals surface area contributed by atoms with Gasteiger partial charge in [0.05, 0.1) is 19.5 Å². The normalized spacial score (nSPS) is 10.4. The fourth-order valence-electron chi connectivity index (χ4n) is 1.74. The fourth-order valence-corrected chi connectivity index (χ4v) is 2.48. The number of methoxy groups -OCH3 is 1. The van der Waals surface area contributed by atoms with Crippen molar-refractivity contribution in [3.8, 4) is 17.1 Å². The van der Waals surface area contributed by atoms with E-state index >= 15 is 0 Å². The number of carbonyl (C=O) groups excluding carboxylic acids is 1. The fraction of sp³-hybridized carbons (Fsp3) is 0.357. The van der Waals surface area contributed by atoms with E-state index in [2.05, 4.69) is 14.9 Å². The van der Waals surface area contributed by atoms with Gasteiger partial charge in [-0.15, -0.1) is 10.2 Å². The Kier molecular flexibility index (Phi) is 5.21. The molecular weight excluding hydrogens is 290 g/mol. The first-order valence-electron chi connectivity index (χ1n) is 6.48. The van der Waals surface area contributed by atoms with Crippen molar-refractivity contribution in [3.05, 3.63) is 24.3 Å². The van der Waals surface area contributed by atoms with Crippen LogP contribution in [-0.4, -0.2) is 40.2 Å². The molecule has 6 nitrogen and oxygen atoms in total. The predicted molar refractivity (Wildman–Crippen MR) is 80.3 cm³/mol. The van der Waals surface area contributed by atoms with Crippen LogP contribution in [0.15, 0.2) is 29.4 Å². The minimum absolute atomic E-state index is 0.214. The smallest absolute Gasteiger partial charge is 0.316 e. The summed E-state index contributed by atoms with van der Waals surface area (Å²) in [5.74, 6) is 1.49. The molecule has 1 aromatic carbocycles. The van der Waals surface area contributed by atoms with Crippen LogP contribution >= 0.6 is 11.8 Å². The summed E-state index contributed by atoms with van der Waals surface area (Å²) in [4.78, 5) is 11.2. The summed E-state index contributed by atoms with van der Waals surface area (Å²) in [5.41, 5.74) is 0.943. The Labute approximate surface area is 127 Å². The average molecular weight is 307 g/mol. The van der Waals surface area contributed by atoms with Gasteiger partial charge in [-0.1, -0.05) is 11.8 Å². The Morgan fingerprint density at radius 3 is 2.62 bits per heavy atom. The summed E-state index contributed by atoms with van der Waals surface area (Å²) in [6.07, 6.45) is 0. The lowest BCUT2D eigenvalue weighted by atomic mass is 10.2. The second-order valence-electron chi connectivity index (χ2n) is 4.19. The zero-order valence-corrected chi connectivity index (χ0v) is 13.0. The van der Waals surface area contributed by atoms with Gasteiger partial charge in [-0.25, -0.2) is 0 Å². The van der Waals surface area contributed by atoms with Gasteiger partial charge < -0.3 is 14.0 Å². The van der Waals surface area contributed by atoms with E-state index < -0.39 is 0 Å². The number of aromatic nitrogens is 3. The van der Waals surface area contributed by atoms with Gasteiger partial charge in [0.25, 0.3) is 0 Å². The zero-order chi connectivity index (χ0) is 15.2. The molecule has 112 valence electrons. The Morgan fingerprint density at radius 2 is 2.00 bits per heavy atom. The highest BCUT2D eigenvalue weighted by atomic mass is 32.2. The molecule has 2 aromatic rings. The van der Waals surface area contributed by atoms with E-state index in [1.165, 1.54) is 18.9 Å². The summed E-state index contributed by atoms with van der Waals surface area (Å²) >= 11 is 1.30. The number of nitrogens with zero attached hydrogens (tertiary/aromatic N) is 3. The standard InChI is InChI=1S/C14H17N3O3S/c1-4-20-11-7-5-10(6-8-11)13-15-16-14(17(13)2)21-9-12(18)19-3/h5-8H,4,9H2,1-3H3. The number of rotatable bonds is 6. The molecule has 0 N–H and O–H groups in total. The number of thioether (sulfide) groups is 1. The zero-order valence-electron chi connectivity index (χ0n) is 12.2. The number of hydrogen-bond acceptors (Lipinski definition) is 6. The molecule has 0 fully saturated rings. The molecule has 1 heterocycles. The molecule has 7 heteroatoms. The minimum Gasteiger partial charge on any atom is -0.494 e. The van der Waals surface area contributed by atoms with E-state index in [9.17, 15) is 4.79 Å². The highest BCUT2D eigenvalue weighted by Gasteiger charge is 2.13. The van der Waals surface area contributed by atoms with Crippen molar-refractivity contribution in [1.29, 1.82) is 0 Å². The summed E-state index contributed by atoms with van der Waals surface area (Å²) in [6.45, 7) is 2.58. The number of carbonyl (C=O) groups is 1. The maximum atomic E-state index is 11.2. The molecule has 1 aromatic heterocycles. The molecule has 0 bridgehead atoms. The van der Waals surface area contributed by atoms with Crippen LogP contribution in [0.25, 0.3) is 11.4 Å². The number of ether oxygens (including phenoxy) is 2. The monoisotopic (exact) mass is 307 g/mol. The Hall–Kier alpha value is -2.02. The van der Waals surface area contributed by atoms with Crippen LogP contribution in [0.3, 0.4) is 0 Å².